The molecule has 0 aromatic heterocycles. The Kier molecular flexibility index (Phi) is 5.96. The van der Waals surface area contributed by atoms with Gasteiger partial charge >= 0.3 is 5.97 Å². The topological polar surface area (TPSA) is 79.2 Å². The van der Waals surface area contributed by atoms with E-state index in [1.807, 2.05) is 6.07 Å². The zero-order chi connectivity index (χ0) is 15.8. The number of hydrogen-bond donors (Lipinski definition) is 1. The Balaban J connectivity index is 1.70. The maximum atomic E-state index is 11.7. The SMILES string of the molecule is N#Cc1ccccc1NC(=O)COC(=O)CCC1CCCC1. The number of amides is 1. The van der Waals surface area contributed by atoms with Crippen LogP contribution in [0, 0.1) is 17.2 Å². The molecule has 116 valence electrons. The van der Waals surface area contributed by atoms with Gasteiger partial charge in [0.1, 0.15) is 6.07 Å². The summed E-state index contributed by atoms with van der Waals surface area (Å²) in [5, 5.41) is 11.5. The van der Waals surface area contributed by atoms with Gasteiger partial charge in [-0.25, -0.2) is 0 Å². The smallest absolute Gasteiger partial charge is 0.306 e. The minimum absolute atomic E-state index is 0.316. The molecular weight excluding hydrogens is 280 g/mol. The fraction of sp³-hybridized carbons (Fsp3) is 0.471. The highest BCUT2D eigenvalue weighted by Crippen LogP contribution is 2.28. The lowest BCUT2D eigenvalue weighted by atomic mass is 10.0. The lowest BCUT2D eigenvalue weighted by Gasteiger charge is -2.09. The molecule has 0 radical (unpaired) electrons. The molecule has 0 bridgehead atoms. The van der Waals surface area contributed by atoms with Gasteiger partial charge < -0.3 is 10.1 Å². The third-order valence-electron chi connectivity index (χ3n) is 3.92. The summed E-state index contributed by atoms with van der Waals surface area (Å²) < 4.78 is 4.98. The molecule has 1 aliphatic rings. The third kappa shape index (κ3) is 4.88. The first-order valence-electron chi connectivity index (χ1n) is 7.63. The second-order valence-corrected chi connectivity index (χ2v) is 5.56. The maximum absolute atomic E-state index is 11.7. The van der Waals surface area contributed by atoms with Gasteiger partial charge in [0.05, 0.1) is 11.3 Å². The molecule has 2 rings (SSSR count). The lowest BCUT2D eigenvalue weighted by Crippen LogP contribution is -2.21. The maximum Gasteiger partial charge on any atom is 0.306 e. The minimum atomic E-state index is -0.433. The number of para-hydroxylation sites is 1. The fourth-order valence-corrected chi connectivity index (χ4v) is 2.72. The van der Waals surface area contributed by atoms with E-state index in [0.717, 1.165) is 6.42 Å². The largest absolute Gasteiger partial charge is 0.456 e. The Morgan fingerprint density at radius 1 is 1.27 bits per heavy atom. The van der Waals surface area contributed by atoms with Crippen LogP contribution in [0.1, 0.15) is 44.1 Å². The quantitative estimate of drug-likeness (QED) is 0.819. The predicted octanol–water partition coefficient (Wildman–Crippen LogP) is 3.01. The average molecular weight is 300 g/mol. The van der Waals surface area contributed by atoms with E-state index < -0.39 is 5.91 Å². The van der Waals surface area contributed by atoms with E-state index in [2.05, 4.69) is 5.32 Å². The summed E-state index contributed by atoms with van der Waals surface area (Å²) in [5.74, 6) is -0.142. The summed E-state index contributed by atoms with van der Waals surface area (Å²) in [6.45, 7) is -0.316. The molecule has 0 spiro atoms. The Hall–Kier alpha value is -2.35. The summed E-state index contributed by atoms with van der Waals surface area (Å²) >= 11 is 0. The highest BCUT2D eigenvalue weighted by molar-refractivity contribution is 5.93. The zero-order valence-corrected chi connectivity index (χ0v) is 12.5. The molecule has 5 nitrogen and oxygen atoms in total. The molecule has 0 saturated heterocycles. The fourth-order valence-electron chi connectivity index (χ4n) is 2.72. The van der Waals surface area contributed by atoms with E-state index in [4.69, 9.17) is 10.00 Å². The summed E-state index contributed by atoms with van der Waals surface area (Å²) in [5.41, 5.74) is 0.806. The molecule has 1 aromatic carbocycles. The van der Waals surface area contributed by atoms with Crippen molar-refractivity contribution in [3.05, 3.63) is 29.8 Å². The zero-order valence-electron chi connectivity index (χ0n) is 12.5. The predicted molar refractivity (Wildman–Crippen MR) is 81.9 cm³/mol. The molecule has 0 aliphatic heterocycles. The number of rotatable bonds is 6. The molecule has 22 heavy (non-hydrogen) atoms. The first kappa shape index (κ1) is 16.0. The summed E-state index contributed by atoms with van der Waals surface area (Å²) in [4.78, 5) is 23.4. The number of nitriles is 1. The van der Waals surface area contributed by atoms with Gasteiger partial charge in [0, 0.05) is 6.42 Å². The Morgan fingerprint density at radius 3 is 2.73 bits per heavy atom. The van der Waals surface area contributed by atoms with E-state index in [1.54, 1.807) is 24.3 Å². The number of nitrogens with one attached hydrogen (secondary N) is 1. The van der Waals surface area contributed by atoms with Crippen molar-refractivity contribution in [2.24, 2.45) is 5.92 Å². The van der Waals surface area contributed by atoms with Gasteiger partial charge in [0.15, 0.2) is 6.61 Å². The first-order chi connectivity index (χ1) is 10.7. The number of ether oxygens (including phenoxy) is 1. The third-order valence-corrected chi connectivity index (χ3v) is 3.92. The van der Waals surface area contributed by atoms with E-state index in [9.17, 15) is 9.59 Å². The summed E-state index contributed by atoms with van der Waals surface area (Å²) in [6, 6.07) is 8.69. The van der Waals surface area contributed by atoms with Gasteiger partial charge in [-0.2, -0.15) is 5.26 Å². The molecule has 1 saturated carbocycles. The van der Waals surface area contributed by atoms with Crippen molar-refractivity contribution in [3.8, 4) is 6.07 Å². The number of hydrogen-bond acceptors (Lipinski definition) is 4. The monoisotopic (exact) mass is 300 g/mol. The van der Waals surface area contributed by atoms with Crippen molar-refractivity contribution in [2.75, 3.05) is 11.9 Å². The van der Waals surface area contributed by atoms with Crippen LogP contribution in [0.15, 0.2) is 24.3 Å². The molecule has 0 heterocycles. The minimum Gasteiger partial charge on any atom is -0.456 e. The van der Waals surface area contributed by atoms with E-state index in [1.165, 1.54) is 25.7 Å². The lowest BCUT2D eigenvalue weighted by molar-refractivity contribution is -0.147. The second kappa shape index (κ2) is 8.18. The van der Waals surface area contributed by atoms with Crippen LogP contribution in [0.3, 0.4) is 0 Å². The molecule has 5 heteroatoms. The number of carbonyl (C=O) groups is 2. The van der Waals surface area contributed by atoms with Crippen LogP contribution < -0.4 is 5.32 Å². The number of esters is 1. The van der Waals surface area contributed by atoms with Crippen molar-refractivity contribution in [1.29, 1.82) is 5.26 Å². The molecule has 0 atom stereocenters. The number of anilines is 1. The van der Waals surface area contributed by atoms with Crippen molar-refractivity contribution < 1.29 is 14.3 Å². The van der Waals surface area contributed by atoms with Crippen LogP contribution in [0.2, 0.25) is 0 Å². The van der Waals surface area contributed by atoms with Crippen LogP contribution in [0.4, 0.5) is 5.69 Å². The second-order valence-electron chi connectivity index (χ2n) is 5.56. The number of benzene rings is 1. The molecular formula is C17H20N2O3. The normalized spacial score (nSPS) is 14.3. The summed E-state index contributed by atoms with van der Waals surface area (Å²) in [6.07, 6.45) is 6.10. The van der Waals surface area contributed by atoms with Crippen LogP contribution in [-0.2, 0) is 14.3 Å². The van der Waals surface area contributed by atoms with Crippen LogP contribution in [0.5, 0.6) is 0 Å². The molecule has 1 aliphatic carbocycles. The molecule has 1 amide bonds. The average Bonchev–Trinajstić information content (AvgIpc) is 3.05. The van der Waals surface area contributed by atoms with Gasteiger partial charge in [-0.1, -0.05) is 37.8 Å². The van der Waals surface area contributed by atoms with Gasteiger partial charge in [-0.15, -0.1) is 0 Å². The molecule has 1 N–H and O–H groups in total. The Morgan fingerprint density at radius 2 is 2.00 bits per heavy atom. The van der Waals surface area contributed by atoms with Gasteiger partial charge in [0.25, 0.3) is 5.91 Å². The van der Waals surface area contributed by atoms with Crippen molar-refractivity contribution in [1.82, 2.24) is 0 Å². The van der Waals surface area contributed by atoms with Crippen LogP contribution >= 0.6 is 0 Å². The van der Waals surface area contributed by atoms with Gasteiger partial charge in [-0.3, -0.25) is 9.59 Å². The Labute approximate surface area is 130 Å². The van der Waals surface area contributed by atoms with Crippen molar-refractivity contribution in [2.45, 2.75) is 38.5 Å². The molecule has 1 aromatic rings. The summed E-state index contributed by atoms with van der Waals surface area (Å²) in [7, 11) is 0. The number of carbonyl (C=O) groups excluding carboxylic acids is 2. The van der Waals surface area contributed by atoms with Crippen molar-refractivity contribution in [3.63, 3.8) is 0 Å². The first-order valence-corrected chi connectivity index (χ1v) is 7.63. The van der Waals surface area contributed by atoms with Gasteiger partial charge in [0.2, 0.25) is 0 Å². The van der Waals surface area contributed by atoms with Crippen LogP contribution in [-0.4, -0.2) is 18.5 Å². The Bertz CT molecular complexity index is 572. The van der Waals surface area contributed by atoms with Gasteiger partial charge in [-0.05, 0) is 24.5 Å². The molecule has 1 fully saturated rings. The van der Waals surface area contributed by atoms with E-state index in [0.29, 0.717) is 23.6 Å². The van der Waals surface area contributed by atoms with Crippen LogP contribution in [0.25, 0.3) is 0 Å². The number of nitrogens with zero attached hydrogens (tertiary/aromatic N) is 1. The highest BCUT2D eigenvalue weighted by atomic mass is 16.5. The standard InChI is InChI=1S/C17H20N2O3/c18-11-14-7-3-4-8-15(14)19-16(20)12-22-17(21)10-9-13-5-1-2-6-13/h3-4,7-8,13H,1-2,5-6,9-10,12H2,(H,19,20). The van der Waals surface area contributed by atoms with Crippen molar-refractivity contribution >= 4 is 17.6 Å². The molecule has 0 unspecified atom stereocenters. The van der Waals surface area contributed by atoms with E-state index >= 15 is 0 Å². The highest BCUT2D eigenvalue weighted by Gasteiger charge is 2.17. The van der Waals surface area contributed by atoms with E-state index in [-0.39, 0.29) is 12.6 Å².